The molecule has 0 saturated heterocycles. The van der Waals surface area contributed by atoms with Crippen molar-refractivity contribution in [3.8, 4) is 5.75 Å². The maximum absolute atomic E-state index is 13.4. The van der Waals surface area contributed by atoms with Crippen LogP contribution in [0.2, 0.25) is 0 Å². The van der Waals surface area contributed by atoms with E-state index in [-0.39, 0.29) is 5.82 Å². The summed E-state index contributed by atoms with van der Waals surface area (Å²) in [6.07, 6.45) is 2.61. The fourth-order valence-electron chi connectivity index (χ4n) is 4.08. The molecule has 5 rings (SSSR count). The van der Waals surface area contributed by atoms with Gasteiger partial charge >= 0.3 is 0 Å². The molecular weight excluding hydrogens is 375 g/mol. The molecule has 30 heavy (non-hydrogen) atoms. The van der Waals surface area contributed by atoms with Crippen molar-refractivity contribution < 1.29 is 9.13 Å². The fourth-order valence-corrected chi connectivity index (χ4v) is 4.08. The van der Waals surface area contributed by atoms with E-state index in [1.165, 1.54) is 28.5 Å². The quantitative estimate of drug-likeness (QED) is 0.366. The largest absolute Gasteiger partial charge is 0.497 e. The Morgan fingerprint density at radius 2 is 1.57 bits per heavy atom. The van der Waals surface area contributed by atoms with Gasteiger partial charge in [-0.15, -0.1) is 0 Å². The van der Waals surface area contributed by atoms with Gasteiger partial charge in [-0.1, -0.05) is 42.5 Å². The molecule has 0 amide bonds. The number of methoxy groups -OCH3 is 1. The van der Waals surface area contributed by atoms with Crippen LogP contribution in [0.15, 0.2) is 85.1 Å². The van der Waals surface area contributed by atoms with Crippen molar-refractivity contribution in [1.29, 1.82) is 0 Å². The lowest BCUT2D eigenvalue weighted by Gasteiger charge is -2.11. The second-order valence-corrected chi connectivity index (χ2v) is 7.41. The van der Waals surface area contributed by atoms with Gasteiger partial charge < -0.3 is 9.30 Å². The van der Waals surface area contributed by atoms with E-state index in [9.17, 15) is 4.39 Å². The summed E-state index contributed by atoms with van der Waals surface area (Å²) in [5, 5.41) is 2.39. The summed E-state index contributed by atoms with van der Waals surface area (Å²) < 4.78 is 21.0. The maximum atomic E-state index is 13.4. The summed E-state index contributed by atoms with van der Waals surface area (Å²) in [5.74, 6) is 0.623. The Labute approximate surface area is 174 Å². The minimum Gasteiger partial charge on any atom is -0.497 e. The highest BCUT2D eigenvalue weighted by atomic mass is 19.1. The molecule has 2 heterocycles. The van der Waals surface area contributed by atoms with Crippen molar-refractivity contribution in [3.63, 3.8) is 0 Å². The third-order valence-corrected chi connectivity index (χ3v) is 5.54. The van der Waals surface area contributed by atoms with Crippen LogP contribution in [0, 0.1) is 5.82 Å². The summed E-state index contributed by atoms with van der Waals surface area (Å²) in [6, 6.07) is 25.3. The van der Waals surface area contributed by atoms with Gasteiger partial charge in [0.25, 0.3) is 0 Å². The van der Waals surface area contributed by atoms with Crippen LogP contribution in [0.25, 0.3) is 21.8 Å². The summed E-state index contributed by atoms with van der Waals surface area (Å²) in [7, 11) is 1.67. The minimum absolute atomic E-state index is 0.220. The van der Waals surface area contributed by atoms with Crippen molar-refractivity contribution in [3.05, 3.63) is 108 Å². The van der Waals surface area contributed by atoms with Crippen LogP contribution in [0.4, 0.5) is 4.39 Å². The van der Waals surface area contributed by atoms with E-state index in [4.69, 9.17) is 9.72 Å². The van der Waals surface area contributed by atoms with E-state index in [1.54, 1.807) is 7.11 Å². The predicted molar refractivity (Wildman–Crippen MR) is 119 cm³/mol. The maximum Gasteiger partial charge on any atom is 0.123 e. The number of aromatic nitrogens is 2. The number of ether oxygens (including phenoxy) is 1. The van der Waals surface area contributed by atoms with Crippen LogP contribution in [-0.2, 0) is 13.0 Å². The van der Waals surface area contributed by atoms with Gasteiger partial charge in [-0.05, 0) is 47.5 Å². The van der Waals surface area contributed by atoms with Gasteiger partial charge in [0.1, 0.15) is 11.6 Å². The number of benzene rings is 3. The van der Waals surface area contributed by atoms with Crippen LogP contribution >= 0.6 is 0 Å². The van der Waals surface area contributed by atoms with E-state index in [2.05, 4.69) is 47.0 Å². The zero-order valence-corrected chi connectivity index (χ0v) is 16.7. The minimum atomic E-state index is -0.220. The van der Waals surface area contributed by atoms with Gasteiger partial charge in [-0.2, -0.15) is 0 Å². The van der Waals surface area contributed by atoms with Gasteiger partial charge in [-0.3, -0.25) is 4.98 Å². The number of pyridine rings is 1. The number of para-hydroxylation sites is 1. The zero-order valence-electron chi connectivity index (χ0n) is 16.7. The average molecular weight is 396 g/mol. The molecule has 0 fully saturated rings. The van der Waals surface area contributed by atoms with Crippen molar-refractivity contribution in [2.45, 2.75) is 13.0 Å². The van der Waals surface area contributed by atoms with Crippen LogP contribution in [-0.4, -0.2) is 16.7 Å². The van der Waals surface area contributed by atoms with E-state index < -0.39 is 0 Å². The molecule has 0 saturated carbocycles. The third kappa shape index (κ3) is 3.30. The number of hydrogen-bond donors (Lipinski definition) is 0. The second-order valence-electron chi connectivity index (χ2n) is 7.41. The fraction of sp³-hybridized carbons (Fsp3) is 0.115. The molecule has 0 aliphatic carbocycles. The molecule has 0 spiro atoms. The molecule has 0 bridgehead atoms. The lowest BCUT2D eigenvalue weighted by atomic mass is 10.1. The Morgan fingerprint density at radius 3 is 2.33 bits per heavy atom. The molecule has 3 nitrogen and oxygen atoms in total. The monoisotopic (exact) mass is 396 g/mol. The predicted octanol–water partition coefficient (Wildman–Crippen LogP) is 5.98. The standard InChI is InChI=1S/C26H21FN2O/c1-30-21-12-8-18(9-13-21)16-24-26-23(14-15-28-24)22-4-2-3-5-25(22)29(26)17-19-6-10-20(27)11-7-19/h2-15H,16-17H2,1H3. The molecular formula is C26H21FN2O. The van der Waals surface area contributed by atoms with Crippen molar-refractivity contribution >= 4 is 21.8 Å². The molecule has 0 aliphatic heterocycles. The van der Waals surface area contributed by atoms with Crippen molar-refractivity contribution in [1.82, 2.24) is 9.55 Å². The van der Waals surface area contributed by atoms with Gasteiger partial charge in [0.05, 0.1) is 18.3 Å². The first kappa shape index (κ1) is 18.4. The molecule has 0 aliphatic rings. The third-order valence-electron chi connectivity index (χ3n) is 5.54. The molecule has 0 radical (unpaired) electrons. The summed E-state index contributed by atoms with van der Waals surface area (Å²) in [5.41, 5.74) is 5.53. The first-order valence-corrected chi connectivity index (χ1v) is 9.95. The van der Waals surface area contributed by atoms with Gasteiger partial charge in [0.15, 0.2) is 0 Å². The molecule has 4 heteroatoms. The van der Waals surface area contributed by atoms with E-state index >= 15 is 0 Å². The van der Waals surface area contributed by atoms with Gasteiger partial charge in [0.2, 0.25) is 0 Å². The van der Waals surface area contributed by atoms with E-state index in [0.717, 1.165) is 34.5 Å². The second kappa shape index (κ2) is 7.64. The Kier molecular flexibility index (Phi) is 4.68. The highest BCUT2D eigenvalue weighted by molar-refractivity contribution is 6.08. The first-order valence-electron chi connectivity index (χ1n) is 9.95. The first-order chi connectivity index (χ1) is 14.7. The average Bonchev–Trinajstić information content (AvgIpc) is 3.11. The molecule has 148 valence electrons. The van der Waals surface area contributed by atoms with Crippen molar-refractivity contribution in [2.24, 2.45) is 0 Å². The molecule has 3 aromatic carbocycles. The number of fused-ring (bicyclic) bond motifs is 3. The van der Waals surface area contributed by atoms with Crippen LogP contribution < -0.4 is 4.74 Å². The van der Waals surface area contributed by atoms with Crippen LogP contribution in [0.5, 0.6) is 5.75 Å². The molecule has 2 aromatic heterocycles. The van der Waals surface area contributed by atoms with Crippen molar-refractivity contribution in [2.75, 3.05) is 7.11 Å². The van der Waals surface area contributed by atoms with E-state index in [1.807, 2.05) is 30.5 Å². The lowest BCUT2D eigenvalue weighted by Crippen LogP contribution is -2.03. The Hall–Kier alpha value is -3.66. The number of hydrogen-bond acceptors (Lipinski definition) is 2. The molecule has 0 atom stereocenters. The molecule has 0 N–H and O–H groups in total. The molecule has 5 aromatic rings. The highest BCUT2D eigenvalue weighted by Gasteiger charge is 2.15. The number of rotatable bonds is 5. The Morgan fingerprint density at radius 1 is 0.833 bits per heavy atom. The number of halogens is 1. The topological polar surface area (TPSA) is 27.1 Å². The summed E-state index contributed by atoms with van der Waals surface area (Å²) >= 11 is 0. The lowest BCUT2D eigenvalue weighted by molar-refractivity contribution is 0.414. The summed E-state index contributed by atoms with van der Waals surface area (Å²) in [6.45, 7) is 0.658. The molecule has 0 unspecified atom stereocenters. The summed E-state index contributed by atoms with van der Waals surface area (Å²) in [4.78, 5) is 4.74. The Balaban J connectivity index is 1.66. The zero-order chi connectivity index (χ0) is 20.5. The van der Waals surface area contributed by atoms with Crippen LogP contribution in [0.1, 0.15) is 16.8 Å². The van der Waals surface area contributed by atoms with E-state index in [0.29, 0.717) is 6.54 Å². The highest BCUT2D eigenvalue weighted by Crippen LogP contribution is 2.32. The smallest absolute Gasteiger partial charge is 0.123 e. The SMILES string of the molecule is COc1ccc(Cc2nccc3c4ccccc4n(Cc4ccc(F)cc4)c23)cc1. The Bertz CT molecular complexity index is 1320. The normalized spacial score (nSPS) is 11.3. The van der Waals surface area contributed by atoms with Gasteiger partial charge in [-0.25, -0.2) is 4.39 Å². The van der Waals surface area contributed by atoms with Crippen LogP contribution in [0.3, 0.4) is 0 Å². The van der Waals surface area contributed by atoms with Gasteiger partial charge in [0, 0.05) is 35.5 Å². The number of nitrogens with zero attached hydrogens (tertiary/aromatic N) is 2.